The molecule has 1 aromatic heterocycles. The minimum absolute atomic E-state index is 0. The molecule has 0 aliphatic carbocycles. The van der Waals surface area contributed by atoms with E-state index in [-0.39, 0.29) is 12.4 Å². The summed E-state index contributed by atoms with van der Waals surface area (Å²) in [5.74, 6) is 0. The van der Waals surface area contributed by atoms with Crippen molar-refractivity contribution in [3.8, 4) is 0 Å². The van der Waals surface area contributed by atoms with E-state index >= 15 is 0 Å². The van der Waals surface area contributed by atoms with Crippen molar-refractivity contribution < 1.29 is 4.74 Å². The molecule has 2 saturated heterocycles. The molecule has 0 amide bonds. The first-order valence-corrected chi connectivity index (χ1v) is 6.73. The molecule has 2 aliphatic heterocycles. The van der Waals surface area contributed by atoms with Gasteiger partial charge in [0.1, 0.15) is 0 Å². The van der Waals surface area contributed by atoms with Crippen molar-refractivity contribution in [2.75, 3.05) is 0 Å². The third-order valence-electron chi connectivity index (χ3n) is 3.50. The van der Waals surface area contributed by atoms with Crippen LogP contribution in [0.25, 0.3) is 0 Å². The van der Waals surface area contributed by atoms with Gasteiger partial charge in [-0.25, -0.2) is 0 Å². The van der Waals surface area contributed by atoms with E-state index < -0.39 is 0 Å². The molecule has 2 bridgehead atoms. The van der Waals surface area contributed by atoms with Crippen LogP contribution in [0.4, 0.5) is 0 Å². The Morgan fingerprint density at radius 2 is 2.06 bits per heavy atom. The van der Waals surface area contributed by atoms with Crippen LogP contribution in [0.15, 0.2) is 16.8 Å². The Morgan fingerprint density at radius 1 is 1.31 bits per heavy atom. The van der Waals surface area contributed by atoms with Crippen molar-refractivity contribution in [2.24, 2.45) is 0 Å². The van der Waals surface area contributed by atoms with Gasteiger partial charge >= 0.3 is 0 Å². The van der Waals surface area contributed by atoms with E-state index in [1.807, 2.05) is 0 Å². The van der Waals surface area contributed by atoms with E-state index in [2.05, 4.69) is 22.1 Å². The maximum atomic E-state index is 5.97. The zero-order valence-corrected chi connectivity index (χ0v) is 10.9. The van der Waals surface area contributed by atoms with Crippen molar-refractivity contribution in [3.05, 3.63) is 22.4 Å². The number of rotatable bonds is 3. The fraction of sp³-hybridized carbons (Fsp3) is 0.667. The van der Waals surface area contributed by atoms with Gasteiger partial charge in [-0.1, -0.05) is 0 Å². The van der Waals surface area contributed by atoms with Crippen LogP contribution in [0.2, 0.25) is 0 Å². The third-order valence-corrected chi connectivity index (χ3v) is 4.23. The molecule has 4 heteroatoms. The van der Waals surface area contributed by atoms with Crippen molar-refractivity contribution in [2.45, 2.75) is 50.5 Å². The molecule has 1 aromatic rings. The summed E-state index contributed by atoms with van der Waals surface area (Å²) in [6.45, 7) is 0.799. The standard InChI is InChI=1S/C12H17NOS.ClH/c1-2-11-6-12(5-10(1)13-11)14-7-9-3-4-15-8-9;/h3-4,8,10-13H,1-2,5-7H2;1H/t10-,11+,12+;. The summed E-state index contributed by atoms with van der Waals surface area (Å²) in [5, 5.41) is 7.93. The van der Waals surface area contributed by atoms with Crippen LogP contribution >= 0.6 is 23.7 Å². The topological polar surface area (TPSA) is 21.3 Å². The van der Waals surface area contributed by atoms with Crippen LogP contribution in [-0.4, -0.2) is 18.2 Å². The molecule has 2 nitrogen and oxygen atoms in total. The van der Waals surface area contributed by atoms with Crippen LogP contribution in [0.5, 0.6) is 0 Å². The summed E-state index contributed by atoms with van der Waals surface area (Å²) < 4.78 is 5.97. The molecular weight excluding hydrogens is 242 g/mol. The SMILES string of the molecule is Cl.c1cc(CO[C@H]2C[C@H]3CC[C@@H](C2)N3)cs1. The molecule has 0 saturated carbocycles. The third kappa shape index (κ3) is 2.77. The second-order valence-electron chi connectivity index (χ2n) is 4.67. The predicted octanol–water partition coefficient (Wildman–Crippen LogP) is 2.97. The Hall–Kier alpha value is -0.0900. The molecule has 3 heterocycles. The van der Waals surface area contributed by atoms with Crippen LogP contribution in [0.1, 0.15) is 31.2 Å². The number of ether oxygens (including phenoxy) is 1. The first kappa shape index (κ1) is 12.4. The number of hydrogen-bond acceptors (Lipinski definition) is 3. The lowest BCUT2D eigenvalue weighted by Gasteiger charge is -2.28. The number of fused-ring (bicyclic) bond motifs is 2. The lowest BCUT2D eigenvalue weighted by atomic mass is 10.0. The lowest BCUT2D eigenvalue weighted by molar-refractivity contribution is 0.00932. The highest BCUT2D eigenvalue weighted by atomic mass is 35.5. The van der Waals surface area contributed by atoms with Gasteiger partial charge in [0.05, 0.1) is 12.7 Å². The second kappa shape index (κ2) is 5.50. The first-order chi connectivity index (χ1) is 7.40. The fourth-order valence-corrected chi connectivity index (χ4v) is 3.38. The zero-order chi connectivity index (χ0) is 10.1. The molecule has 2 fully saturated rings. The van der Waals surface area contributed by atoms with Gasteiger partial charge < -0.3 is 10.1 Å². The van der Waals surface area contributed by atoms with E-state index in [0.29, 0.717) is 6.10 Å². The Morgan fingerprint density at radius 3 is 2.69 bits per heavy atom. The van der Waals surface area contributed by atoms with E-state index in [4.69, 9.17) is 4.74 Å². The highest BCUT2D eigenvalue weighted by Crippen LogP contribution is 2.29. The monoisotopic (exact) mass is 259 g/mol. The summed E-state index contributed by atoms with van der Waals surface area (Å²) in [6, 6.07) is 3.62. The number of thiophene rings is 1. The number of piperidine rings is 1. The molecule has 3 rings (SSSR count). The molecule has 0 spiro atoms. The second-order valence-corrected chi connectivity index (χ2v) is 5.45. The molecule has 0 aromatic carbocycles. The van der Waals surface area contributed by atoms with Gasteiger partial charge in [0, 0.05) is 12.1 Å². The summed E-state index contributed by atoms with van der Waals surface area (Å²) in [7, 11) is 0. The Balaban J connectivity index is 0.000000963. The van der Waals surface area contributed by atoms with Gasteiger partial charge in [0.15, 0.2) is 0 Å². The maximum Gasteiger partial charge on any atom is 0.0728 e. The normalized spacial score (nSPS) is 32.4. The van der Waals surface area contributed by atoms with Gasteiger partial charge in [0.2, 0.25) is 0 Å². The number of hydrogen-bond donors (Lipinski definition) is 1. The quantitative estimate of drug-likeness (QED) is 0.901. The molecular formula is C12H18ClNOS. The summed E-state index contributed by atoms with van der Waals surface area (Å²) in [6.07, 6.45) is 5.61. The highest BCUT2D eigenvalue weighted by Gasteiger charge is 2.33. The molecule has 90 valence electrons. The average molecular weight is 260 g/mol. The van der Waals surface area contributed by atoms with Crippen molar-refractivity contribution in [1.29, 1.82) is 0 Å². The molecule has 0 unspecified atom stereocenters. The molecule has 2 aliphatic rings. The summed E-state index contributed by atoms with van der Waals surface area (Å²) in [5.41, 5.74) is 1.32. The van der Waals surface area contributed by atoms with E-state index in [0.717, 1.165) is 18.7 Å². The van der Waals surface area contributed by atoms with Gasteiger partial charge in [-0.2, -0.15) is 11.3 Å². The van der Waals surface area contributed by atoms with E-state index in [9.17, 15) is 0 Å². The summed E-state index contributed by atoms with van der Waals surface area (Å²) in [4.78, 5) is 0. The smallest absolute Gasteiger partial charge is 0.0728 e. The maximum absolute atomic E-state index is 5.97. The Bertz CT molecular complexity index is 305. The fourth-order valence-electron chi connectivity index (χ4n) is 2.73. The van der Waals surface area contributed by atoms with Crippen molar-refractivity contribution in [3.63, 3.8) is 0 Å². The van der Waals surface area contributed by atoms with Crippen LogP contribution in [0, 0.1) is 0 Å². The molecule has 16 heavy (non-hydrogen) atoms. The molecule has 3 atom stereocenters. The lowest BCUT2D eigenvalue weighted by Crippen LogP contribution is -2.41. The van der Waals surface area contributed by atoms with E-state index in [1.165, 1.54) is 31.2 Å². The molecule has 0 radical (unpaired) electrons. The minimum atomic E-state index is 0. The van der Waals surface area contributed by atoms with Crippen molar-refractivity contribution in [1.82, 2.24) is 5.32 Å². The molecule has 1 N–H and O–H groups in total. The minimum Gasteiger partial charge on any atom is -0.373 e. The zero-order valence-electron chi connectivity index (χ0n) is 9.22. The van der Waals surface area contributed by atoms with Gasteiger partial charge in [-0.15, -0.1) is 12.4 Å². The average Bonchev–Trinajstić information content (AvgIpc) is 2.86. The van der Waals surface area contributed by atoms with Crippen molar-refractivity contribution >= 4 is 23.7 Å². The van der Waals surface area contributed by atoms with Crippen LogP contribution in [-0.2, 0) is 11.3 Å². The Kier molecular flexibility index (Phi) is 4.25. The van der Waals surface area contributed by atoms with E-state index in [1.54, 1.807) is 11.3 Å². The first-order valence-electron chi connectivity index (χ1n) is 5.79. The summed E-state index contributed by atoms with van der Waals surface area (Å²) >= 11 is 1.75. The number of halogens is 1. The van der Waals surface area contributed by atoms with Gasteiger partial charge in [-0.05, 0) is 48.1 Å². The largest absolute Gasteiger partial charge is 0.373 e. The van der Waals surface area contributed by atoms with Gasteiger partial charge in [-0.3, -0.25) is 0 Å². The predicted molar refractivity (Wildman–Crippen MR) is 69.3 cm³/mol. The highest BCUT2D eigenvalue weighted by molar-refractivity contribution is 7.07. The van der Waals surface area contributed by atoms with Crippen LogP contribution < -0.4 is 5.32 Å². The number of nitrogens with one attached hydrogen (secondary N) is 1. The Labute approximate surface area is 107 Å². The van der Waals surface area contributed by atoms with Gasteiger partial charge in [0.25, 0.3) is 0 Å². The van der Waals surface area contributed by atoms with Crippen LogP contribution in [0.3, 0.4) is 0 Å².